The maximum Gasteiger partial charge on any atom is 0.143 e. The Hall–Kier alpha value is -7.10. The van der Waals surface area contributed by atoms with E-state index in [1.165, 1.54) is 21.7 Å². The van der Waals surface area contributed by atoms with Crippen LogP contribution in [0.4, 0.5) is 17.1 Å². The zero-order chi connectivity index (χ0) is 34.9. The summed E-state index contributed by atoms with van der Waals surface area (Å²) in [5.41, 5.74) is 11.3. The van der Waals surface area contributed by atoms with Crippen LogP contribution in [0.3, 0.4) is 0 Å². The molecule has 0 saturated carbocycles. The SMILES string of the molecule is c1cc(-c2ccc3ccccc3c2)cc(N(c2ccc3oc4ccccc4c3c2)c2ccccc2-c2cccc3oc4c5ccccc5ccc4c23)c1. The van der Waals surface area contributed by atoms with E-state index in [-0.39, 0.29) is 0 Å². The lowest BCUT2D eigenvalue weighted by atomic mass is 9.95. The molecule has 3 nitrogen and oxygen atoms in total. The van der Waals surface area contributed by atoms with Crippen molar-refractivity contribution >= 4 is 82.5 Å². The molecule has 0 unspecified atom stereocenters. The molecule has 0 bridgehead atoms. The average Bonchev–Trinajstić information content (AvgIpc) is 3.80. The Morgan fingerprint density at radius 3 is 1.96 bits per heavy atom. The summed E-state index contributed by atoms with van der Waals surface area (Å²) < 4.78 is 12.9. The van der Waals surface area contributed by atoms with Crippen LogP contribution >= 0.6 is 0 Å². The molecule has 9 aromatic carbocycles. The monoisotopic (exact) mass is 677 g/mol. The van der Waals surface area contributed by atoms with E-state index in [2.05, 4.69) is 181 Å². The van der Waals surface area contributed by atoms with E-state index in [0.717, 1.165) is 83.0 Å². The van der Waals surface area contributed by atoms with Gasteiger partial charge in [-0.3, -0.25) is 0 Å². The van der Waals surface area contributed by atoms with Crippen LogP contribution in [0.25, 0.3) is 87.7 Å². The molecular weight excluding hydrogens is 647 g/mol. The van der Waals surface area contributed by atoms with Crippen LogP contribution in [-0.4, -0.2) is 0 Å². The number of rotatable bonds is 5. The number of anilines is 3. The number of nitrogens with zero attached hydrogens (tertiary/aromatic N) is 1. The first-order valence-corrected chi connectivity index (χ1v) is 18.0. The van der Waals surface area contributed by atoms with Gasteiger partial charge in [-0.15, -0.1) is 0 Å². The summed E-state index contributed by atoms with van der Waals surface area (Å²) in [7, 11) is 0. The number of hydrogen-bond acceptors (Lipinski definition) is 3. The summed E-state index contributed by atoms with van der Waals surface area (Å²) in [6.45, 7) is 0. The van der Waals surface area contributed by atoms with E-state index in [1.54, 1.807) is 0 Å². The van der Waals surface area contributed by atoms with Crippen molar-refractivity contribution in [2.45, 2.75) is 0 Å². The third-order valence-corrected chi connectivity index (χ3v) is 10.6. The molecule has 0 N–H and O–H groups in total. The normalized spacial score (nSPS) is 11.8. The minimum Gasteiger partial charge on any atom is -0.456 e. The highest BCUT2D eigenvalue weighted by Crippen LogP contribution is 2.47. The number of hydrogen-bond donors (Lipinski definition) is 0. The fraction of sp³-hybridized carbons (Fsp3) is 0. The van der Waals surface area contributed by atoms with Crippen LogP contribution in [0.1, 0.15) is 0 Å². The van der Waals surface area contributed by atoms with Crippen molar-refractivity contribution in [3.8, 4) is 22.3 Å². The van der Waals surface area contributed by atoms with E-state index < -0.39 is 0 Å². The fourth-order valence-corrected chi connectivity index (χ4v) is 8.15. The van der Waals surface area contributed by atoms with Crippen molar-refractivity contribution in [3.63, 3.8) is 0 Å². The lowest BCUT2D eigenvalue weighted by Gasteiger charge is -2.28. The van der Waals surface area contributed by atoms with Gasteiger partial charge in [-0.25, -0.2) is 0 Å². The van der Waals surface area contributed by atoms with Gasteiger partial charge in [0.2, 0.25) is 0 Å². The molecule has 11 rings (SSSR count). The lowest BCUT2D eigenvalue weighted by Crippen LogP contribution is -2.11. The second kappa shape index (κ2) is 11.7. The van der Waals surface area contributed by atoms with Gasteiger partial charge in [0.05, 0.1) is 5.69 Å². The summed E-state index contributed by atoms with van der Waals surface area (Å²) in [5.74, 6) is 0. The zero-order valence-corrected chi connectivity index (χ0v) is 28.7. The predicted molar refractivity (Wildman–Crippen MR) is 222 cm³/mol. The Bertz CT molecular complexity index is 3200. The number of para-hydroxylation sites is 2. The summed E-state index contributed by atoms with van der Waals surface area (Å²) >= 11 is 0. The number of furan rings is 2. The molecule has 0 spiro atoms. The average molecular weight is 678 g/mol. The maximum absolute atomic E-state index is 6.65. The molecule has 0 aliphatic carbocycles. The van der Waals surface area contributed by atoms with Crippen LogP contribution < -0.4 is 4.90 Å². The van der Waals surface area contributed by atoms with Crippen LogP contribution in [0, 0.1) is 0 Å². The van der Waals surface area contributed by atoms with Crippen molar-refractivity contribution in [2.75, 3.05) is 4.90 Å². The largest absolute Gasteiger partial charge is 0.456 e. The molecular formula is C50H31NO2. The molecule has 248 valence electrons. The summed E-state index contributed by atoms with van der Waals surface area (Å²) in [6.07, 6.45) is 0. The predicted octanol–water partition coefficient (Wildman–Crippen LogP) is 14.6. The maximum atomic E-state index is 6.65. The van der Waals surface area contributed by atoms with Gasteiger partial charge >= 0.3 is 0 Å². The van der Waals surface area contributed by atoms with Gasteiger partial charge < -0.3 is 13.7 Å². The van der Waals surface area contributed by atoms with Crippen molar-refractivity contribution in [1.29, 1.82) is 0 Å². The minimum atomic E-state index is 0.870. The molecule has 3 heteroatoms. The van der Waals surface area contributed by atoms with E-state index in [1.807, 2.05) is 12.1 Å². The summed E-state index contributed by atoms with van der Waals surface area (Å²) in [5, 5.41) is 9.15. The highest BCUT2D eigenvalue weighted by molar-refractivity contribution is 6.20. The first kappa shape index (κ1) is 29.6. The highest BCUT2D eigenvalue weighted by Gasteiger charge is 2.22. The van der Waals surface area contributed by atoms with Crippen molar-refractivity contribution in [2.24, 2.45) is 0 Å². The third-order valence-electron chi connectivity index (χ3n) is 10.6. The van der Waals surface area contributed by atoms with E-state index >= 15 is 0 Å². The van der Waals surface area contributed by atoms with Gasteiger partial charge in [-0.05, 0) is 93.5 Å². The third kappa shape index (κ3) is 4.75. The molecule has 0 radical (unpaired) electrons. The molecule has 0 amide bonds. The molecule has 11 aromatic rings. The zero-order valence-electron chi connectivity index (χ0n) is 28.7. The second-order valence-corrected chi connectivity index (χ2v) is 13.7. The lowest BCUT2D eigenvalue weighted by molar-refractivity contribution is 0.669. The molecule has 0 aliphatic heterocycles. The quantitative estimate of drug-likeness (QED) is 0.182. The van der Waals surface area contributed by atoms with Crippen LogP contribution in [-0.2, 0) is 0 Å². The van der Waals surface area contributed by atoms with Gasteiger partial charge in [0, 0.05) is 43.9 Å². The Kier molecular flexibility index (Phi) is 6.55. The first-order chi connectivity index (χ1) is 26.3. The van der Waals surface area contributed by atoms with E-state index in [9.17, 15) is 0 Å². The number of benzene rings is 9. The van der Waals surface area contributed by atoms with E-state index in [0.29, 0.717) is 0 Å². The van der Waals surface area contributed by atoms with Gasteiger partial charge in [0.25, 0.3) is 0 Å². The summed E-state index contributed by atoms with van der Waals surface area (Å²) in [4.78, 5) is 2.39. The Morgan fingerprint density at radius 2 is 1.02 bits per heavy atom. The van der Waals surface area contributed by atoms with E-state index in [4.69, 9.17) is 8.83 Å². The number of fused-ring (bicyclic) bond motifs is 9. The second-order valence-electron chi connectivity index (χ2n) is 13.7. The van der Waals surface area contributed by atoms with Gasteiger partial charge in [0.1, 0.15) is 22.3 Å². The van der Waals surface area contributed by atoms with Gasteiger partial charge in [-0.1, -0.05) is 127 Å². The Balaban J connectivity index is 1.16. The topological polar surface area (TPSA) is 29.5 Å². The Labute approximate surface area is 305 Å². The first-order valence-electron chi connectivity index (χ1n) is 18.0. The standard InChI is InChI=1S/C50H31NO2/c1-2-13-34-29-36(24-23-32(34)11-1)35-14-9-15-37(30-35)51(38-26-28-47-44(31-38)41-18-6-8-21-46(41)52-47)45-20-7-5-17-40(45)42-19-10-22-48-49(42)43-27-25-33-12-3-4-16-39(33)50(43)53-48/h1-31H. The van der Waals surface area contributed by atoms with Crippen molar-refractivity contribution in [1.82, 2.24) is 0 Å². The minimum absolute atomic E-state index is 0.870. The summed E-state index contributed by atoms with van der Waals surface area (Å²) in [6, 6.07) is 66.9. The van der Waals surface area contributed by atoms with Crippen LogP contribution in [0.2, 0.25) is 0 Å². The van der Waals surface area contributed by atoms with Gasteiger partial charge in [-0.2, -0.15) is 0 Å². The molecule has 0 aliphatic rings. The fourth-order valence-electron chi connectivity index (χ4n) is 8.15. The molecule has 2 aromatic heterocycles. The molecule has 2 heterocycles. The molecule has 0 fully saturated rings. The smallest absolute Gasteiger partial charge is 0.143 e. The van der Waals surface area contributed by atoms with Gasteiger partial charge in [0.15, 0.2) is 0 Å². The highest BCUT2D eigenvalue weighted by atomic mass is 16.3. The molecule has 0 atom stereocenters. The Morgan fingerprint density at radius 1 is 0.340 bits per heavy atom. The van der Waals surface area contributed by atoms with Crippen LogP contribution in [0.5, 0.6) is 0 Å². The van der Waals surface area contributed by atoms with Crippen molar-refractivity contribution < 1.29 is 8.83 Å². The molecule has 53 heavy (non-hydrogen) atoms. The van der Waals surface area contributed by atoms with Crippen molar-refractivity contribution in [3.05, 3.63) is 188 Å². The molecule has 0 saturated heterocycles. The van der Waals surface area contributed by atoms with Crippen LogP contribution in [0.15, 0.2) is 197 Å².